The van der Waals surface area contributed by atoms with Crippen LogP contribution < -0.4 is 15.8 Å². The second kappa shape index (κ2) is 5.82. The number of aromatic nitrogens is 3. The molecule has 0 fully saturated rings. The summed E-state index contributed by atoms with van der Waals surface area (Å²) >= 11 is 0. The van der Waals surface area contributed by atoms with E-state index < -0.39 is 0 Å². The third kappa shape index (κ3) is 3.31. The van der Waals surface area contributed by atoms with Crippen molar-refractivity contribution in [3.8, 4) is 5.88 Å². The van der Waals surface area contributed by atoms with E-state index in [2.05, 4.69) is 15.3 Å². The molecule has 0 aliphatic heterocycles. The Hall–Kier alpha value is -2.57. The van der Waals surface area contributed by atoms with E-state index in [4.69, 9.17) is 10.5 Å². The van der Waals surface area contributed by atoms with Crippen molar-refractivity contribution in [1.82, 2.24) is 14.5 Å². The maximum Gasteiger partial charge on any atom is 0.274 e. The van der Waals surface area contributed by atoms with Gasteiger partial charge < -0.3 is 15.0 Å². The zero-order chi connectivity index (χ0) is 15.6. The Bertz CT molecular complexity index is 663. The van der Waals surface area contributed by atoms with Crippen molar-refractivity contribution in [2.45, 2.75) is 26.8 Å². The summed E-state index contributed by atoms with van der Waals surface area (Å²) < 4.78 is 6.86. The van der Waals surface area contributed by atoms with Crippen LogP contribution in [0.15, 0.2) is 18.3 Å². The lowest BCUT2D eigenvalue weighted by atomic mass is 10.3. The van der Waals surface area contributed by atoms with Crippen LogP contribution in [0, 0.1) is 6.92 Å². The van der Waals surface area contributed by atoms with Crippen molar-refractivity contribution < 1.29 is 9.53 Å². The first-order valence-corrected chi connectivity index (χ1v) is 6.59. The second-order valence-electron chi connectivity index (χ2n) is 4.99. The molecular weight excluding hydrogens is 270 g/mol. The number of ether oxygens (including phenoxy) is 1. The number of methoxy groups -OCH3 is 1. The lowest BCUT2D eigenvalue weighted by Gasteiger charge is -2.12. The minimum atomic E-state index is -0.312. The van der Waals surface area contributed by atoms with E-state index in [0.29, 0.717) is 23.0 Å². The van der Waals surface area contributed by atoms with Crippen LogP contribution in [0.4, 0.5) is 11.6 Å². The quantitative estimate of drug-likeness (QED) is 0.897. The Morgan fingerprint density at radius 3 is 2.71 bits per heavy atom. The van der Waals surface area contributed by atoms with E-state index in [-0.39, 0.29) is 17.9 Å². The maximum absolute atomic E-state index is 12.4. The summed E-state index contributed by atoms with van der Waals surface area (Å²) in [7, 11) is 1.51. The topological polar surface area (TPSA) is 95.1 Å². The SMILES string of the molecule is COc1cc(C)nc(NC(=O)c2cc(N)cn2C(C)C)n1. The Morgan fingerprint density at radius 2 is 2.10 bits per heavy atom. The summed E-state index contributed by atoms with van der Waals surface area (Å²) in [6.45, 7) is 5.75. The number of carbonyl (C=O) groups excluding carboxylic acids is 1. The summed E-state index contributed by atoms with van der Waals surface area (Å²) in [5.74, 6) is 0.288. The maximum atomic E-state index is 12.4. The molecular formula is C14H19N5O2. The Morgan fingerprint density at radius 1 is 1.38 bits per heavy atom. The average Bonchev–Trinajstić information content (AvgIpc) is 2.80. The van der Waals surface area contributed by atoms with Crippen molar-refractivity contribution in [3.05, 3.63) is 29.7 Å². The van der Waals surface area contributed by atoms with Gasteiger partial charge in [-0.2, -0.15) is 4.98 Å². The summed E-state index contributed by atoms with van der Waals surface area (Å²) in [5.41, 5.74) is 7.47. The first-order chi connectivity index (χ1) is 9.90. The molecule has 0 saturated carbocycles. The molecule has 3 N–H and O–H groups in total. The first-order valence-electron chi connectivity index (χ1n) is 6.59. The normalized spacial score (nSPS) is 10.7. The van der Waals surface area contributed by atoms with Gasteiger partial charge in [0.25, 0.3) is 5.91 Å². The third-order valence-corrected chi connectivity index (χ3v) is 2.92. The molecule has 2 heterocycles. The van der Waals surface area contributed by atoms with Gasteiger partial charge in [-0.1, -0.05) is 0 Å². The van der Waals surface area contributed by atoms with Gasteiger partial charge in [-0.05, 0) is 26.8 Å². The van der Waals surface area contributed by atoms with E-state index in [1.165, 1.54) is 7.11 Å². The molecule has 0 aliphatic rings. The highest BCUT2D eigenvalue weighted by molar-refractivity contribution is 6.02. The van der Waals surface area contributed by atoms with Crippen molar-refractivity contribution in [2.75, 3.05) is 18.2 Å². The fraction of sp³-hybridized carbons (Fsp3) is 0.357. The minimum absolute atomic E-state index is 0.121. The van der Waals surface area contributed by atoms with Crippen LogP contribution in [0.5, 0.6) is 5.88 Å². The highest BCUT2D eigenvalue weighted by Crippen LogP contribution is 2.18. The molecule has 0 radical (unpaired) electrons. The van der Waals surface area contributed by atoms with Crippen LogP contribution in [0.25, 0.3) is 0 Å². The predicted molar refractivity (Wildman–Crippen MR) is 80.5 cm³/mol. The van der Waals surface area contributed by atoms with Gasteiger partial charge in [0, 0.05) is 24.0 Å². The number of rotatable bonds is 4. The Kier molecular flexibility index (Phi) is 4.11. The van der Waals surface area contributed by atoms with E-state index in [9.17, 15) is 4.79 Å². The highest BCUT2D eigenvalue weighted by Gasteiger charge is 2.16. The summed E-state index contributed by atoms with van der Waals surface area (Å²) in [6.07, 6.45) is 1.73. The Balaban J connectivity index is 2.28. The van der Waals surface area contributed by atoms with Crippen LogP contribution in [0.3, 0.4) is 0 Å². The molecule has 0 unspecified atom stereocenters. The number of carbonyl (C=O) groups is 1. The van der Waals surface area contributed by atoms with Gasteiger partial charge in [0.1, 0.15) is 5.69 Å². The van der Waals surface area contributed by atoms with Gasteiger partial charge >= 0.3 is 0 Å². The van der Waals surface area contributed by atoms with Crippen molar-refractivity contribution >= 4 is 17.5 Å². The zero-order valence-electron chi connectivity index (χ0n) is 12.5. The molecule has 0 aliphatic carbocycles. The summed E-state index contributed by atoms with van der Waals surface area (Å²) in [4.78, 5) is 20.6. The number of hydrogen-bond acceptors (Lipinski definition) is 5. The lowest BCUT2D eigenvalue weighted by Crippen LogP contribution is -2.19. The van der Waals surface area contributed by atoms with Gasteiger partial charge in [0.05, 0.1) is 12.8 Å². The molecule has 0 bridgehead atoms. The fourth-order valence-electron chi connectivity index (χ4n) is 1.98. The van der Waals surface area contributed by atoms with Gasteiger partial charge in [0.2, 0.25) is 11.8 Å². The molecule has 2 aromatic heterocycles. The van der Waals surface area contributed by atoms with Gasteiger partial charge in [0.15, 0.2) is 0 Å². The molecule has 7 nitrogen and oxygen atoms in total. The summed E-state index contributed by atoms with van der Waals surface area (Å²) in [5, 5.41) is 2.66. The smallest absolute Gasteiger partial charge is 0.274 e. The average molecular weight is 289 g/mol. The van der Waals surface area contributed by atoms with Crippen molar-refractivity contribution in [3.63, 3.8) is 0 Å². The molecule has 0 atom stereocenters. The molecule has 112 valence electrons. The van der Waals surface area contributed by atoms with Gasteiger partial charge in [-0.15, -0.1) is 0 Å². The van der Waals surface area contributed by atoms with Crippen molar-refractivity contribution in [1.29, 1.82) is 0 Å². The molecule has 2 aromatic rings. The zero-order valence-corrected chi connectivity index (χ0v) is 12.5. The minimum Gasteiger partial charge on any atom is -0.481 e. The lowest BCUT2D eigenvalue weighted by molar-refractivity contribution is 0.101. The van der Waals surface area contributed by atoms with E-state index >= 15 is 0 Å². The molecule has 0 aromatic carbocycles. The van der Waals surface area contributed by atoms with Crippen LogP contribution in [-0.2, 0) is 0 Å². The number of hydrogen-bond donors (Lipinski definition) is 2. The predicted octanol–water partition coefficient (Wildman–Crippen LogP) is 2.01. The number of anilines is 2. The van der Waals surface area contributed by atoms with Crippen LogP contribution in [0.2, 0.25) is 0 Å². The molecule has 21 heavy (non-hydrogen) atoms. The Labute approximate surface area is 123 Å². The van der Waals surface area contributed by atoms with Crippen LogP contribution >= 0.6 is 0 Å². The number of nitrogens with zero attached hydrogens (tertiary/aromatic N) is 3. The molecule has 1 amide bonds. The van der Waals surface area contributed by atoms with E-state index in [1.54, 1.807) is 29.8 Å². The van der Waals surface area contributed by atoms with Crippen LogP contribution in [-0.4, -0.2) is 27.6 Å². The first kappa shape index (κ1) is 14.8. The molecule has 7 heteroatoms. The number of nitrogens with one attached hydrogen (secondary N) is 1. The number of amides is 1. The molecule has 2 rings (SSSR count). The third-order valence-electron chi connectivity index (χ3n) is 2.92. The monoisotopic (exact) mass is 289 g/mol. The van der Waals surface area contributed by atoms with Crippen molar-refractivity contribution in [2.24, 2.45) is 0 Å². The summed E-state index contributed by atoms with van der Waals surface area (Å²) in [6, 6.07) is 3.43. The number of aryl methyl sites for hydroxylation is 1. The van der Waals surface area contributed by atoms with E-state index in [0.717, 1.165) is 0 Å². The molecule has 0 saturated heterocycles. The highest BCUT2D eigenvalue weighted by atomic mass is 16.5. The molecule has 0 spiro atoms. The van der Waals surface area contributed by atoms with Gasteiger partial charge in [-0.25, -0.2) is 4.98 Å². The second-order valence-corrected chi connectivity index (χ2v) is 4.99. The number of nitrogens with two attached hydrogens (primary N) is 1. The van der Waals surface area contributed by atoms with Crippen LogP contribution in [0.1, 0.15) is 36.1 Å². The fourth-order valence-corrected chi connectivity index (χ4v) is 1.98. The van der Waals surface area contributed by atoms with Gasteiger partial charge in [-0.3, -0.25) is 10.1 Å². The standard InChI is InChI=1S/C14H19N5O2/c1-8(2)19-7-10(15)6-11(19)13(20)18-14-16-9(3)5-12(17-14)21-4/h5-8H,15H2,1-4H3,(H,16,17,18,20). The largest absolute Gasteiger partial charge is 0.481 e. The number of nitrogen functional groups attached to an aromatic ring is 1. The van der Waals surface area contributed by atoms with E-state index in [1.807, 2.05) is 13.8 Å².